The van der Waals surface area contributed by atoms with Crippen molar-refractivity contribution in [2.24, 2.45) is 0 Å². The molecule has 0 aliphatic heterocycles. The minimum absolute atomic E-state index is 0.179. The van der Waals surface area contributed by atoms with E-state index in [2.05, 4.69) is 15.5 Å². The molecule has 0 saturated heterocycles. The van der Waals surface area contributed by atoms with Gasteiger partial charge in [0.1, 0.15) is 10.8 Å². The molecule has 4 nitrogen and oxygen atoms in total. The van der Waals surface area contributed by atoms with Crippen LogP contribution in [0.15, 0.2) is 53.7 Å². The second-order valence-corrected chi connectivity index (χ2v) is 6.00. The number of halogens is 1. The van der Waals surface area contributed by atoms with Gasteiger partial charge in [-0.15, -0.1) is 5.10 Å². The Balaban J connectivity index is 1.67. The molecule has 1 N–H and O–H groups in total. The third kappa shape index (κ3) is 3.65. The number of thioether (sulfide) groups is 1. The van der Waals surface area contributed by atoms with E-state index in [1.165, 1.54) is 17.8 Å². The van der Waals surface area contributed by atoms with E-state index in [9.17, 15) is 9.18 Å². The number of rotatable bonds is 4. The Bertz CT molecular complexity index is 864. The molecule has 1 amide bonds. The molecule has 2 aromatic carbocycles. The number of fused-ring (bicyclic) bond motifs is 1. The van der Waals surface area contributed by atoms with Gasteiger partial charge in [-0.05, 0) is 24.6 Å². The second-order valence-electron chi connectivity index (χ2n) is 5.04. The van der Waals surface area contributed by atoms with Crippen molar-refractivity contribution in [3.63, 3.8) is 0 Å². The molecule has 6 heteroatoms. The Hall–Kier alpha value is -2.47. The fourth-order valence-corrected chi connectivity index (χ4v) is 2.90. The highest BCUT2D eigenvalue weighted by Gasteiger charge is 2.09. The van der Waals surface area contributed by atoms with E-state index in [1.807, 2.05) is 24.3 Å². The van der Waals surface area contributed by atoms with Crippen LogP contribution in [-0.4, -0.2) is 21.9 Å². The summed E-state index contributed by atoms with van der Waals surface area (Å²) in [4.78, 5) is 12.0. The second kappa shape index (κ2) is 6.75. The molecule has 0 atom stereocenters. The van der Waals surface area contributed by atoms with Gasteiger partial charge in [0.2, 0.25) is 5.91 Å². The highest BCUT2D eigenvalue weighted by Crippen LogP contribution is 2.24. The average molecular weight is 327 g/mol. The monoisotopic (exact) mass is 327 g/mol. The van der Waals surface area contributed by atoms with Crippen LogP contribution in [0.5, 0.6) is 0 Å². The quantitative estimate of drug-likeness (QED) is 0.740. The lowest BCUT2D eigenvalue weighted by Gasteiger charge is -2.07. The first kappa shape index (κ1) is 15.4. The van der Waals surface area contributed by atoms with Gasteiger partial charge in [0, 0.05) is 16.5 Å². The van der Waals surface area contributed by atoms with E-state index in [-0.39, 0.29) is 17.5 Å². The number of amides is 1. The zero-order valence-corrected chi connectivity index (χ0v) is 13.2. The highest BCUT2D eigenvalue weighted by molar-refractivity contribution is 8.00. The molecule has 0 saturated carbocycles. The Morgan fingerprint density at radius 2 is 2.09 bits per heavy atom. The van der Waals surface area contributed by atoms with Crippen LogP contribution >= 0.6 is 11.8 Å². The Labute approximate surface area is 137 Å². The molecule has 0 aliphatic carbocycles. The summed E-state index contributed by atoms with van der Waals surface area (Å²) in [5.41, 5.74) is 0.992. The molecule has 0 spiro atoms. The van der Waals surface area contributed by atoms with Crippen molar-refractivity contribution in [2.45, 2.75) is 11.9 Å². The van der Waals surface area contributed by atoms with Gasteiger partial charge in [0.25, 0.3) is 0 Å². The lowest BCUT2D eigenvalue weighted by molar-refractivity contribution is -0.113. The number of nitrogens with zero attached hydrogens (tertiary/aromatic N) is 2. The van der Waals surface area contributed by atoms with Crippen LogP contribution in [0.3, 0.4) is 0 Å². The van der Waals surface area contributed by atoms with E-state index < -0.39 is 0 Å². The number of benzene rings is 2. The number of anilines is 1. The number of nitrogens with one attached hydrogen (secondary N) is 1. The fourth-order valence-electron chi connectivity index (χ4n) is 2.11. The molecule has 3 aromatic rings. The van der Waals surface area contributed by atoms with Gasteiger partial charge >= 0.3 is 0 Å². The third-order valence-electron chi connectivity index (χ3n) is 3.33. The third-order valence-corrected chi connectivity index (χ3v) is 4.31. The van der Waals surface area contributed by atoms with E-state index in [0.717, 1.165) is 10.8 Å². The minimum Gasteiger partial charge on any atom is -0.325 e. The number of carbonyl (C=O) groups excluding carboxylic acids is 1. The zero-order valence-electron chi connectivity index (χ0n) is 12.4. The summed E-state index contributed by atoms with van der Waals surface area (Å²) in [6.45, 7) is 1.68. The first-order chi connectivity index (χ1) is 11.1. The average Bonchev–Trinajstić information content (AvgIpc) is 2.56. The van der Waals surface area contributed by atoms with Crippen LogP contribution in [0.2, 0.25) is 0 Å². The van der Waals surface area contributed by atoms with Gasteiger partial charge in [-0.3, -0.25) is 4.79 Å². The summed E-state index contributed by atoms with van der Waals surface area (Å²) >= 11 is 1.31. The molecule has 1 aromatic heterocycles. The molecular formula is C17H14FN3OS. The molecule has 3 rings (SSSR count). The number of aromatic nitrogens is 2. The van der Waals surface area contributed by atoms with E-state index in [4.69, 9.17) is 0 Å². The molecule has 0 unspecified atom stereocenters. The first-order valence-corrected chi connectivity index (χ1v) is 8.01. The Kier molecular flexibility index (Phi) is 4.52. The van der Waals surface area contributed by atoms with Crippen molar-refractivity contribution >= 4 is 34.1 Å². The summed E-state index contributed by atoms with van der Waals surface area (Å²) in [6.07, 6.45) is 1.69. The fraction of sp³-hybridized carbons (Fsp3) is 0.118. The molecule has 0 fully saturated rings. The molecule has 0 bridgehead atoms. The summed E-state index contributed by atoms with van der Waals surface area (Å²) in [5.74, 6) is -0.374. The van der Waals surface area contributed by atoms with Gasteiger partial charge in [0.15, 0.2) is 0 Å². The van der Waals surface area contributed by atoms with Crippen LogP contribution in [-0.2, 0) is 4.79 Å². The summed E-state index contributed by atoms with van der Waals surface area (Å²) < 4.78 is 13.5. The zero-order chi connectivity index (χ0) is 16.2. The SMILES string of the molecule is Cc1ccc(NC(=O)CSc2nncc3ccccc23)cc1F. The molecule has 116 valence electrons. The lowest BCUT2D eigenvalue weighted by atomic mass is 10.2. The van der Waals surface area contributed by atoms with Gasteiger partial charge in [-0.2, -0.15) is 5.10 Å². The van der Waals surface area contributed by atoms with Crippen molar-refractivity contribution in [1.29, 1.82) is 0 Å². The number of carbonyl (C=O) groups is 1. The lowest BCUT2D eigenvalue weighted by Crippen LogP contribution is -2.14. The number of hydrogen-bond donors (Lipinski definition) is 1. The predicted octanol–water partition coefficient (Wildman–Crippen LogP) is 3.81. The summed E-state index contributed by atoms with van der Waals surface area (Å²) in [6, 6.07) is 12.4. The predicted molar refractivity (Wildman–Crippen MR) is 90.0 cm³/mol. The molecule has 23 heavy (non-hydrogen) atoms. The Morgan fingerprint density at radius 1 is 1.26 bits per heavy atom. The van der Waals surface area contributed by atoms with Crippen molar-refractivity contribution in [2.75, 3.05) is 11.1 Å². The van der Waals surface area contributed by atoms with Crippen molar-refractivity contribution in [3.05, 3.63) is 60.0 Å². The smallest absolute Gasteiger partial charge is 0.234 e. The molecule has 1 heterocycles. The summed E-state index contributed by atoms with van der Waals surface area (Å²) in [7, 11) is 0. The largest absolute Gasteiger partial charge is 0.325 e. The van der Waals surface area contributed by atoms with Gasteiger partial charge in [-0.1, -0.05) is 42.1 Å². The van der Waals surface area contributed by atoms with E-state index >= 15 is 0 Å². The molecule has 0 aliphatic rings. The topological polar surface area (TPSA) is 54.9 Å². The first-order valence-electron chi connectivity index (χ1n) is 7.03. The standard InChI is InChI=1S/C17H14FN3OS/c1-11-6-7-13(8-15(11)18)20-16(22)10-23-17-14-5-3-2-4-12(14)9-19-21-17/h2-9H,10H2,1H3,(H,20,22). The maximum Gasteiger partial charge on any atom is 0.234 e. The van der Waals surface area contributed by atoms with Crippen LogP contribution < -0.4 is 5.32 Å². The normalized spacial score (nSPS) is 10.7. The van der Waals surface area contributed by atoms with Gasteiger partial charge in [-0.25, -0.2) is 4.39 Å². The molecular weight excluding hydrogens is 313 g/mol. The van der Waals surface area contributed by atoms with Gasteiger partial charge < -0.3 is 5.32 Å². The minimum atomic E-state index is -0.338. The van der Waals surface area contributed by atoms with E-state index in [1.54, 1.807) is 25.3 Å². The van der Waals surface area contributed by atoms with Crippen molar-refractivity contribution in [1.82, 2.24) is 10.2 Å². The molecule has 0 radical (unpaired) electrons. The number of aryl methyl sites for hydroxylation is 1. The Morgan fingerprint density at radius 3 is 2.91 bits per heavy atom. The van der Waals surface area contributed by atoms with Crippen LogP contribution in [0.1, 0.15) is 5.56 Å². The van der Waals surface area contributed by atoms with Crippen molar-refractivity contribution in [3.8, 4) is 0 Å². The summed E-state index contributed by atoms with van der Waals surface area (Å²) in [5, 5.41) is 13.3. The van der Waals surface area contributed by atoms with E-state index in [0.29, 0.717) is 16.3 Å². The van der Waals surface area contributed by atoms with Crippen LogP contribution in [0.25, 0.3) is 10.8 Å². The van der Waals surface area contributed by atoms with Gasteiger partial charge in [0.05, 0.1) is 11.9 Å². The maximum absolute atomic E-state index is 13.5. The van der Waals surface area contributed by atoms with Crippen LogP contribution in [0.4, 0.5) is 10.1 Å². The number of hydrogen-bond acceptors (Lipinski definition) is 4. The van der Waals surface area contributed by atoms with Crippen LogP contribution in [0, 0.1) is 12.7 Å². The van der Waals surface area contributed by atoms with Crippen molar-refractivity contribution < 1.29 is 9.18 Å². The highest BCUT2D eigenvalue weighted by atomic mass is 32.2. The maximum atomic E-state index is 13.5.